The molecule has 0 bridgehead atoms. The van der Waals surface area contributed by atoms with E-state index >= 15 is 0 Å². The van der Waals surface area contributed by atoms with Crippen molar-refractivity contribution < 1.29 is 4.79 Å². The molecule has 1 aromatic rings. The Bertz CT molecular complexity index is 435. The maximum absolute atomic E-state index is 12.2. The lowest BCUT2D eigenvalue weighted by molar-refractivity contribution is -0.125. The van der Waals surface area contributed by atoms with Gasteiger partial charge in [0.15, 0.2) is 0 Å². The molecule has 0 spiro atoms. The number of likely N-dealkylation sites (N-methyl/N-ethyl adjacent to an activating group) is 2. The topological polar surface area (TPSA) is 58.4 Å². The lowest BCUT2D eigenvalue weighted by atomic mass is 9.88. The SMILES string of the molecule is CCC(C)CN(CC)CC(NC)(C(N)=O)c1ccccc1. The van der Waals surface area contributed by atoms with Crippen molar-refractivity contribution in [3.8, 4) is 0 Å². The molecule has 4 heteroatoms. The standard InChI is InChI=1S/C17H29N3O/c1-5-14(3)12-20(6-2)13-17(19-4,16(18)21)15-10-8-7-9-11-15/h7-11,14,19H,5-6,12-13H2,1-4H3,(H2,18,21). The van der Waals surface area contributed by atoms with Gasteiger partial charge in [-0.2, -0.15) is 0 Å². The molecular formula is C17H29N3O. The van der Waals surface area contributed by atoms with E-state index in [9.17, 15) is 4.79 Å². The van der Waals surface area contributed by atoms with Crippen LogP contribution in [0.3, 0.4) is 0 Å². The summed E-state index contributed by atoms with van der Waals surface area (Å²) >= 11 is 0. The van der Waals surface area contributed by atoms with E-state index in [-0.39, 0.29) is 5.91 Å². The Morgan fingerprint density at radius 2 is 1.95 bits per heavy atom. The highest BCUT2D eigenvalue weighted by atomic mass is 16.1. The summed E-state index contributed by atoms with van der Waals surface area (Å²) in [6.45, 7) is 8.99. The molecule has 3 N–H and O–H groups in total. The van der Waals surface area contributed by atoms with Crippen LogP contribution in [0.5, 0.6) is 0 Å². The van der Waals surface area contributed by atoms with Crippen LogP contribution in [-0.4, -0.2) is 37.5 Å². The average Bonchev–Trinajstić information content (AvgIpc) is 2.51. The van der Waals surface area contributed by atoms with E-state index in [1.165, 1.54) is 0 Å². The number of amides is 1. The maximum Gasteiger partial charge on any atom is 0.243 e. The molecule has 0 saturated carbocycles. The minimum atomic E-state index is -0.843. The first-order valence-electron chi connectivity index (χ1n) is 7.76. The Morgan fingerprint density at radius 1 is 1.33 bits per heavy atom. The number of hydrogen-bond donors (Lipinski definition) is 2. The number of rotatable bonds is 9. The van der Waals surface area contributed by atoms with Gasteiger partial charge in [0.25, 0.3) is 0 Å². The zero-order valence-corrected chi connectivity index (χ0v) is 13.7. The molecule has 0 aromatic heterocycles. The van der Waals surface area contributed by atoms with Crippen LogP contribution >= 0.6 is 0 Å². The number of nitrogens with two attached hydrogens (primary N) is 1. The molecule has 1 rings (SSSR count). The van der Waals surface area contributed by atoms with Crippen molar-refractivity contribution in [3.05, 3.63) is 35.9 Å². The molecule has 2 unspecified atom stereocenters. The van der Waals surface area contributed by atoms with Crippen LogP contribution in [0.1, 0.15) is 32.8 Å². The van der Waals surface area contributed by atoms with E-state index in [1.807, 2.05) is 30.3 Å². The van der Waals surface area contributed by atoms with Gasteiger partial charge in [0.2, 0.25) is 5.91 Å². The number of primary amides is 1. The van der Waals surface area contributed by atoms with Crippen LogP contribution in [0, 0.1) is 5.92 Å². The Morgan fingerprint density at radius 3 is 2.38 bits per heavy atom. The third-order valence-corrected chi connectivity index (χ3v) is 4.29. The van der Waals surface area contributed by atoms with Crippen molar-refractivity contribution in [3.63, 3.8) is 0 Å². The number of nitrogens with zero attached hydrogens (tertiary/aromatic N) is 1. The second-order valence-electron chi connectivity index (χ2n) is 5.73. The number of nitrogens with one attached hydrogen (secondary N) is 1. The number of carbonyl (C=O) groups excluding carboxylic acids is 1. The summed E-state index contributed by atoms with van der Waals surface area (Å²) < 4.78 is 0. The van der Waals surface area contributed by atoms with Gasteiger partial charge < -0.3 is 16.0 Å². The Kier molecular flexibility index (Phi) is 6.85. The number of hydrogen-bond acceptors (Lipinski definition) is 3. The van der Waals surface area contributed by atoms with Gasteiger partial charge in [0, 0.05) is 13.1 Å². The minimum absolute atomic E-state index is 0.334. The molecule has 0 aliphatic rings. The summed E-state index contributed by atoms with van der Waals surface area (Å²) in [5, 5.41) is 3.17. The largest absolute Gasteiger partial charge is 0.368 e. The summed E-state index contributed by atoms with van der Waals surface area (Å²) in [6, 6.07) is 9.74. The van der Waals surface area contributed by atoms with Gasteiger partial charge in [-0.25, -0.2) is 0 Å². The van der Waals surface area contributed by atoms with E-state index in [4.69, 9.17) is 5.73 Å². The molecule has 1 aromatic carbocycles. The maximum atomic E-state index is 12.2. The minimum Gasteiger partial charge on any atom is -0.368 e. The van der Waals surface area contributed by atoms with E-state index in [1.54, 1.807) is 7.05 Å². The molecule has 0 fully saturated rings. The van der Waals surface area contributed by atoms with Gasteiger partial charge in [-0.05, 0) is 25.1 Å². The lowest BCUT2D eigenvalue weighted by Gasteiger charge is -2.36. The molecule has 0 heterocycles. The zero-order chi connectivity index (χ0) is 15.9. The van der Waals surface area contributed by atoms with Gasteiger partial charge in [-0.15, -0.1) is 0 Å². The fraction of sp³-hybridized carbons (Fsp3) is 0.588. The van der Waals surface area contributed by atoms with Gasteiger partial charge in [0.05, 0.1) is 0 Å². The highest BCUT2D eigenvalue weighted by Gasteiger charge is 2.38. The number of benzene rings is 1. The molecule has 0 aliphatic heterocycles. The summed E-state index contributed by atoms with van der Waals surface area (Å²) in [4.78, 5) is 14.5. The van der Waals surface area contributed by atoms with Gasteiger partial charge in [0.1, 0.15) is 5.54 Å². The van der Waals surface area contributed by atoms with Crippen LogP contribution in [0.4, 0.5) is 0 Å². The molecule has 118 valence electrons. The molecule has 4 nitrogen and oxygen atoms in total. The average molecular weight is 291 g/mol. The van der Waals surface area contributed by atoms with E-state index < -0.39 is 5.54 Å². The van der Waals surface area contributed by atoms with E-state index in [0.717, 1.165) is 25.1 Å². The Balaban J connectivity index is 3.05. The quantitative estimate of drug-likeness (QED) is 0.731. The van der Waals surface area contributed by atoms with Gasteiger partial charge in [-0.1, -0.05) is 57.5 Å². The predicted octanol–water partition coefficient (Wildman–Crippen LogP) is 1.95. The fourth-order valence-corrected chi connectivity index (χ4v) is 2.59. The van der Waals surface area contributed by atoms with Crippen LogP contribution in [-0.2, 0) is 10.3 Å². The molecule has 21 heavy (non-hydrogen) atoms. The Labute approximate surface area is 128 Å². The first-order valence-corrected chi connectivity index (χ1v) is 7.76. The van der Waals surface area contributed by atoms with Crippen molar-refractivity contribution in [2.75, 3.05) is 26.7 Å². The molecule has 0 saturated heterocycles. The second-order valence-corrected chi connectivity index (χ2v) is 5.73. The summed E-state index contributed by atoms with van der Waals surface area (Å²) in [5.41, 5.74) is 5.83. The van der Waals surface area contributed by atoms with Crippen molar-refractivity contribution in [1.82, 2.24) is 10.2 Å². The van der Waals surface area contributed by atoms with E-state index in [2.05, 4.69) is 31.0 Å². The zero-order valence-electron chi connectivity index (χ0n) is 13.7. The van der Waals surface area contributed by atoms with Crippen molar-refractivity contribution in [1.29, 1.82) is 0 Å². The van der Waals surface area contributed by atoms with Crippen LogP contribution in [0.25, 0.3) is 0 Å². The Hall–Kier alpha value is -1.39. The van der Waals surface area contributed by atoms with Crippen LogP contribution < -0.4 is 11.1 Å². The molecular weight excluding hydrogens is 262 g/mol. The molecule has 0 radical (unpaired) electrons. The van der Waals surface area contributed by atoms with Crippen molar-refractivity contribution >= 4 is 5.91 Å². The highest BCUT2D eigenvalue weighted by Crippen LogP contribution is 2.22. The monoisotopic (exact) mass is 291 g/mol. The smallest absolute Gasteiger partial charge is 0.243 e. The van der Waals surface area contributed by atoms with Crippen molar-refractivity contribution in [2.45, 2.75) is 32.7 Å². The van der Waals surface area contributed by atoms with Crippen molar-refractivity contribution in [2.24, 2.45) is 11.7 Å². The van der Waals surface area contributed by atoms with Crippen LogP contribution in [0.2, 0.25) is 0 Å². The normalized spacial score (nSPS) is 15.7. The summed E-state index contributed by atoms with van der Waals surface area (Å²) in [6.07, 6.45) is 1.13. The predicted molar refractivity (Wildman–Crippen MR) is 87.9 cm³/mol. The fourth-order valence-electron chi connectivity index (χ4n) is 2.59. The summed E-state index contributed by atoms with van der Waals surface area (Å²) in [7, 11) is 1.80. The molecule has 1 amide bonds. The lowest BCUT2D eigenvalue weighted by Crippen LogP contribution is -2.58. The number of carbonyl (C=O) groups is 1. The van der Waals surface area contributed by atoms with Gasteiger partial charge >= 0.3 is 0 Å². The van der Waals surface area contributed by atoms with E-state index in [0.29, 0.717) is 12.5 Å². The summed E-state index contributed by atoms with van der Waals surface area (Å²) in [5.74, 6) is 0.266. The second kappa shape index (κ2) is 8.15. The molecule has 0 aliphatic carbocycles. The highest BCUT2D eigenvalue weighted by molar-refractivity contribution is 5.86. The first-order chi connectivity index (χ1) is 10.00. The van der Waals surface area contributed by atoms with Gasteiger partial charge in [-0.3, -0.25) is 4.79 Å². The third kappa shape index (κ3) is 4.29. The molecule has 2 atom stereocenters. The first kappa shape index (κ1) is 17.7. The third-order valence-electron chi connectivity index (χ3n) is 4.29. The van der Waals surface area contributed by atoms with Crippen LogP contribution in [0.15, 0.2) is 30.3 Å².